The molecule has 0 radical (unpaired) electrons. The molecule has 0 saturated carbocycles. The lowest BCUT2D eigenvalue weighted by Gasteiger charge is -2.21. The van der Waals surface area contributed by atoms with Crippen molar-refractivity contribution < 1.29 is 4.18 Å². The molecular weight excluding hydrogens is 192 g/mol. The van der Waals surface area contributed by atoms with Gasteiger partial charge in [0, 0.05) is 5.25 Å². The molecule has 1 atom stereocenters. The lowest BCUT2D eigenvalue weighted by Crippen LogP contribution is -2.17. The zero-order chi connectivity index (χ0) is 11.2. The Balaban J connectivity index is 3.73. The van der Waals surface area contributed by atoms with E-state index < -0.39 is 0 Å². The average Bonchev–Trinajstić information content (AvgIpc) is 2.09. The molecule has 0 bridgehead atoms. The molecule has 0 aromatic heterocycles. The Bertz CT molecular complexity index is 170. The first-order chi connectivity index (χ1) is 6.37. The highest BCUT2D eigenvalue weighted by molar-refractivity contribution is 7.95. The van der Waals surface area contributed by atoms with Crippen LogP contribution in [-0.4, -0.2) is 10.9 Å². The molecule has 1 nitrogen and oxygen atoms in total. The molecule has 0 aromatic rings. The Morgan fingerprint density at radius 2 is 2.00 bits per heavy atom. The first-order valence-electron chi connectivity index (χ1n) is 5.39. The average molecular weight is 216 g/mol. The van der Waals surface area contributed by atoms with Gasteiger partial charge in [0.05, 0.1) is 5.60 Å². The summed E-state index contributed by atoms with van der Waals surface area (Å²) < 4.78 is 5.65. The van der Waals surface area contributed by atoms with Crippen LogP contribution in [0.25, 0.3) is 0 Å². The van der Waals surface area contributed by atoms with E-state index in [0.717, 1.165) is 6.42 Å². The summed E-state index contributed by atoms with van der Waals surface area (Å²) >= 11 is 1.54. The number of hydrogen-bond donors (Lipinski definition) is 0. The first-order valence-corrected chi connectivity index (χ1v) is 6.19. The number of hydrogen-bond acceptors (Lipinski definition) is 2. The molecule has 0 saturated heterocycles. The van der Waals surface area contributed by atoms with E-state index >= 15 is 0 Å². The van der Waals surface area contributed by atoms with Crippen molar-refractivity contribution in [3.63, 3.8) is 0 Å². The van der Waals surface area contributed by atoms with Crippen LogP contribution in [-0.2, 0) is 4.18 Å². The molecule has 84 valence electrons. The van der Waals surface area contributed by atoms with Crippen molar-refractivity contribution in [2.45, 2.75) is 64.7 Å². The largest absolute Gasteiger partial charge is 0.309 e. The van der Waals surface area contributed by atoms with Gasteiger partial charge in [-0.05, 0) is 52.6 Å². The van der Waals surface area contributed by atoms with Crippen molar-refractivity contribution in [1.82, 2.24) is 0 Å². The molecule has 14 heavy (non-hydrogen) atoms. The number of unbranched alkanes of at least 4 members (excludes halogenated alkanes) is 1. The highest BCUT2D eigenvalue weighted by atomic mass is 32.2. The molecule has 0 amide bonds. The van der Waals surface area contributed by atoms with Gasteiger partial charge in [-0.3, -0.25) is 0 Å². The van der Waals surface area contributed by atoms with Crippen LogP contribution in [0.2, 0.25) is 0 Å². The third-order valence-electron chi connectivity index (χ3n) is 1.87. The van der Waals surface area contributed by atoms with Gasteiger partial charge in [-0.15, -0.1) is 0 Å². The van der Waals surface area contributed by atoms with Gasteiger partial charge in [-0.2, -0.15) is 0 Å². The minimum Gasteiger partial charge on any atom is -0.309 e. The molecule has 0 aromatic carbocycles. The van der Waals surface area contributed by atoms with Gasteiger partial charge in [0.25, 0.3) is 0 Å². The van der Waals surface area contributed by atoms with Gasteiger partial charge >= 0.3 is 0 Å². The summed E-state index contributed by atoms with van der Waals surface area (Å²) in [5.41, 5.74) is 1.23. The Morgan fingerprint density at radius 3 is 2.43 bits per heavy atom. The second kappa shape index (κ2) is 6.52. The van der Waals surface area contributed by atoms with Crippen LogP contribution in [0.15, 0.2) is 12.2 Å². The predicted molar refractivity (Wildman–Crippen MR) is 66.6 cm³/mol. The normalized spacial score (nSPS) is 14.1. The topological polar surface area (TPSA) is 9.23 Å². The molecule has 2 heteroatoms. The summed E-state index contributed by atoms with van der Waals surface area (Å²) in [5.74, 6) is 0. The van der Waals surface area contributed by atoms with E-state index in [1.165, 1.54) is 18.4 Å². The van der Waals surface area contributed by atoms with Crippen molar-refractivity contribution in [3.8, 4) is 0 Å². The Hall–Kier alpha value is 0.0500. The maximum atomic E-state index is 5.65. The van der Waals surface area contributed by atoms with Gasteiger partial charge < -0.3 is 4.18 Å². The smallest absolute Gasteiger partial charge is 0.0745 e. The maximum absolute atomic E-state index is 5.65. The summed E-state index contributed by atoms with van der Waals surface area (Å²) in [4.78, 5) is 0. The van der Waals surface area contributed by atoms with E-state index in [1.54, 1.807) is 12.0 Å². The summed E-state index contributed by atoms with van der Waals surface area (Å²) in [6.45, 7) is 14.7. The Kier molecular flexibility index (Phi) is 6.54. The third kappa shape index (κ3) is 7.45. The first kappa shape index (κ1) is 14.1. The van der Waals surface area contributed by atoms with Crippen LogP contribution in [0, 0.1) is 0 Å². The zero-order valence-electron chi connectivity index (χ0n) is 10.2. The molecule has 0 N–H and O–H groups in total. The second-order valence-corrected chi connectivity index (χ2v) is 5.76. The fourth-order valence-corrected chi connectivity index (χ4v) is 1.58. The molecule has 1 unspecified atom stereocenters. The molecule has 0 aliphatic carbocycles. The van der Waals surface area contributed by atoms with Gasteiger partial charge in [0.2, 0.25) is 0 Å². The standard InChI is InChI=1S/C12H24OS/c1-7-8-9-10(2)11(3)14-13-12(4,5)6/h11H,2,7-9H2,1,3-6H3. The van der Waals surface area contributed by atoms with E-state index in [-0.39, 0.29) is 5.60 Å². The minimum absolute atomic E-state index is 0.0655. The van der Waals surface area contributed by atoms with E-state index in [9.17, 15) is 0 Å². The van der Waals surface area contributed by atoms with Gasteiger partial charge in [0.15, 0.2) is 0 Å². The molecule has 0 fully saturated rings. The van der Waals surface area contributed by atoms with Crippen LogP contribution < -0.4 is 0 Å². The van der Waals surface area contributed by atoms with Crippen molar-refractivity contribution in [2.24, 2.45) is 0 Å². The van der Waals surface area contributed by atoms with E-state index in [0.29, 0.717) is 5.25 Å². The van der Waals surface area contributed by atoms with Crippen molar-refractivity contribution >= 4 is 12.0 Å². The van der Waals surface area contributed by atoms with Crippen molar-refractivity contribution in [2.75, 3.05) is 0 Å². The summed E-state index contributed by atoms with van der Waals surface area (Å²) in [5, 5.41) is 0.403. The van der Waals surface area contributed by atoms with Gasteiger partial charge in [0.1, 0.15) is 0 Å². The van der Waals surface area contributed by atoms with E-state index in [1.807, 2.05) is 0 Å². The van der Waals surface area contributed by atoms with Gasteiger partial charge in [-0.25, -0.2) is 0 Å². The van der Waals surface area contributed by atoms with E-state index in [4.69, 9.17) is 4.18 Å². The van der Waals surface area contributed by atoms with Gasteiger partial charge in [-0.1, -0.05) is 25.5 Å². The molecular formula is C12H24OS. The summed E-state index contributed by atoms with van der Waals surface area (Å²) in [6, 6.07) is 0. The van der Waals surface area contributed by atoms with Crippen molar-refractivity contribution in [1.29, 1.82) is 0 Å². The van der Waals surface area contributed by atoms with Crippen LogP contribution in [0.3, 0.4) is 0 Å². The fourth-order valence-electron chi connectivity index (χ4n) is 0.892. The Morgan fingerprint density at radius 1 is 1.43 bits per heavy atom. The monoisotopic (exact) mass is 216 g/mol. The fraction of sp³-hybridized carbons (Fsp3) is 0.833. The van der Waals surface area contributed by atoms with Crippen LogP contribution in [0.1, 0.15) is 53.9 Å². The SMILES string of the molecule is C=C(CCCC)C(C)SOC(C)(C)C. The Labute approximate surface area is 93.5 Å². The highest BCUT2D eigenvalue weighted by Gasteiger charge is 2.15. The van der Waals surface area contributed by atoms with E-state index in [2.05, 4.69) is 41.2 Å². The maximum Gasteiger partial charge on any atom is 0.0745 e. The highest BCUT2D eigenvalue weighted by Crippen LogP contribution is 2.27. The lowest BCUT2D eigenvalue weighted by atomic mass is 10.1. The lowest BCUT2D eigenvalue weighted by molar-refractivity contribution is 0.164. The summed E-state index contributed by atoms with van der Waals surface area (Å²) in [6.07, 6.45) is 3.59. The minimum atomic E-state index is -0.0655. The third-order valence-corrected chi connectivity index (χ3v) is 3.09. The molecule has 0 aliphatic rings. The molecule has 0 heterocycles. The zero-order valence-corrected chi connectivity index (χ0v) is 11.0. The number of rotatable bonds is 6. The quantitative estimate of drug-likeness (QED) is 0.474. The molecule has 0 spiro atoms. The second-order valence-electron chi connectivity index (χ2n) is 4.70. The van der Waals surface area contributed by atoms with Crippen LogP contribution in [0.5, 0.6) is 0 Å². The molecule has 0 rings (SSSR count). The van der Waals surface area contributed by atoms with Crippen LogP contribution >= 0.6 is 12.0 Å². The van der Waals surface area contributed by atoms with Crippen LogP contribution in [0.4, 0.5) is 0 Å². The van der Waals surface area contributed by atoms with Crippen molar-refractivity contribution in [3.05, 3.63) is 12.2 Å². The summed E-state index contributed by atoms with van der Waals surface area (Å²) in [7, 11) is 0. The predicted octanol–water partition coefficient (Wildman–Crippen LogP) is 4.58. The molecule has 0 aliphatic heterocycles.